The lowest BCUT2D eigenvalue weighted by molar-refractivity contribution is -0.142. The molecular formula is C37H47N5O10S. The van der Waals surface area contributed by atoms with Crippen LogP contribution in [0.1, 0.15) is 72.1 Å². The molecule has 2 aliphatic carbocycles. The van der Waals surface area contributed by atoms with Gasteiger partial charge in [0.25, 0.3) is 5.91 Å². The SMILES string of the molecule is CC[C@@H]1C[C@@H](C)CC/C=C\C2CC2(C(=O)NS(=O)(=O)C2(C)CC2)NC(=O)[C@@H]2C[C@@H](Oc3nccc4c5c(ccc34)OCCO5)CN2C(=O)[C@H]1NC(=O)O. The van der Waals surface area contributed by atoms with Gasteiger partial charge in [-0.3, -0.25) is 19.1 Å². The summed E-state index contributed by atoms with van der Waals surface area (Å²) in [6.45, 7) is 6.26. The Balaban J connectivity index is 1.22. The third kappa shape index (κ3) is 7.09. The molecule has 1 aromatic heterocycles. The molecule has 15 nitrogen and oxygen atoms in total. The van der Waals surface area contributed by atoms with Crippen LogP contribution in [0.5, 0.6) is 17.4 Å². The summed E-state index contributed by atoms with van der Waals surface area (Å²) in [5, 5.41) is 16.5. The molecule has 5 aliphatic rings. The number of sulfonamides is 1. The van der Waals surface area contributed by atoms with Crippen LogP contribution < -0.4 is 29.6 Å². The Hall–Kier alpha value is -4.60. The first kappa shape index (κ1) is 36.7. The van der Waals surface area contributed by atoms with Crippen LogP contribution in [0.15, 0.2) is 36.5 Å². The van der Waals surface area contributed by atoms with E-state index < -0.39 is 68.2 Å². The first-order valence-corrected chi connectivity index (χ1v) is 19.9. The maximum Gasteiger partial charge on any atom is 0.405 e. The number of carbonyl (C=O) groups is 4. The number of hydrogen-bond acceptors (Lipinski definition) is 10. The standard InChI is InChI=1S/C37H47N5O10S/c1-4-22-17-21(2)7-5-6-8-23-19-37(23,34(45)41-53(48,49)36(3)12-13-36)40-31(43)27-18-24(20-42(27)33(44)29(22)39-35(46)47)52-32-26-9-10-28-30(51-16-15-50-28)25(26)11-14-38-32/h6,8-11,14,21-24,27,29,39H,4-5,7,12-13,15-20H2,1-3H3,(H,40,43)(H,41,45)(H,46,47)/b8-6-/t21-,22+,23?,24+,27-,29-,37?/m0/s1. The predicted octanol–water partition coefficient (Wildman–Crippen LogP) is 3.27. The number of nitrogens with zero attached hydrogens (tertiary/aromatic N) is 2. The van der Waals surface area contributed by atoms with E-state index in [1.54, 1.807) is 31.3 Å². The number of aromatic nitrogens is 1. The van der Waals surface area contributed by atoms with E-state index in [1.165, 1.54) is 4.90 Å². The average Bonchev–Trinajstić information content (AvgIpc) is 4.01. The number of ether oxygens (including phenoxy) is 3. The fraction of sp³-hybridized carbons (Fsp3) is 0.595. The number of hydrogen-bond donors (Lipinski definition) is 4. The molecule has 2 aromatic rings. The normalized spacial score (nSPS) is 31.5. The van der Waals surface area contributed by atoms with Crippen LogP contribution in [0.4, 0.5) is 4.79 Å². The summed E-state index contributed by atoms with van der Waals surface area (Å²) in [5.74, 6) is -1.35. The van der Waals surface area contributed by atoms with E-state index in [0.29, 0.717) is 62.2 Å². The minimum atomic E-state index is -4.01. The van der Waals surface area contributed by atoms with Crippen molar-refractivity contribution in [3.05, 3.63) is 36.5 Å². The van der Waals surface area contributed by atoms with Crippen molar-refractivity contribution in [2.24, 2.45) is 17.8 Å². The van der Waals surface area contributed by atoms with Crippen molar-refractivity contribution in [3.8, 4) is 17.4 Å². The van der Waals surface area contributed by atoms with Crippen LogP contribution in [0.2, 0.25) is 0 Å². The molecule has 53 heavy (non-hydrogen) atoms. The largest absolute Gasteiger partial charge is 0.486 e. The van der Waals surface area contributed by atoms with E-state index in [1.807, 2.05) is 26.0 Å². The van der Waals surface area contributed by atoms with Gasteiger partial charge in [0, 0.05) is 29.3 Å². The first-order chi connectivity index (χ1) is 25.2. The highest BCUT2D eigenvalue weighted by atomic mass is 32.2. The molecule has 0 radical (unpaired) electrons. The molecule has 1 saturated heterocycles. The molecule has 2 saturated carbocycles. The summed E-state index contributed by atoms with van der Waals surface area (Å²) in [4.78, 5) is 60.7. The molecule has 3 aliphatic heterocycles. The third-order valence-electron chi connectivity index (χ3n) is 11.6. The molecule has 7 atom stereocenters. The Labute approximate surface area is 308 Å². The van der Waals surface area contributed by atoms with Crippen molar-refractivity contribution in [2.45, 2.75) is 101 Å². The number of allylic oxidation sites excluding steroid dienone is 1. The highest BCUT2D eigenvalue weighted by Crippen LogP contribution is 2.48. The number of benzene rings is 1. The van der Waals surface area contributed by atoms with Crippen LogP contribution >= 0.6 is 0 Å². The molecule has 16 heteroatoms. The van der Waals surface area contributed by atoms with Gasteiger partial charge in [-0.25, -0.2) is 18.2 Å². The maximum absolute atomic E-state index is 14.6. The Bertz CT molecular complexity index is 1950. The number of carboxylic acid groups (broad SMARTS) is 1. The summed E-state index contributed by atoms with van der Waals surface area (Å²) in [5.41, 5.74) is -1.55. The topological polar surface area (TPSA) is 203 Å². The molecule has 286 valence electrons. The highest BCUT2D eigenvalue weighted by molar-refractivity contribution is 7.91. The fourth-order valence-corrected chi connectivity index (χ4v) is 9.25. The zero-order valence-corrected chi connectivity index (χ0v) is 30.9. The monoisotopic (exact) mass is 753 g/mol. The number of carbonyl (C=O) groups excluding carboxylic acids is 3. The van der Waals surface area contributed by atoms with Gasteiger partial charge in [-0.2, -0.15) is 0 Å². The summed E-state index contributed by atoms with van der Waals surface area (Å²) < 4.78 is 45.5. The molecule has 0 bridgehead atoms. The van der Waals surface area contributed by atoms with E-state index >= 15 is 0 Å². The van der Waals surface area contributed by atoms with E-state index in [2.05, 4.69) is 20.3 Å². The minimum Gasteiger partial charge on any atom is -0.486 e. The molecule has 2 unspecified atom stereocenters. The minimum absolute atomic E-state index is 0.00174. The Morgan fingerprint density at radius 1 is 1.13 bits per heavy atom. The second-order valence-electron chi connectivity index (χ2n) is 15.4. The van der Waals surface area contributed by atoms with Crippen molar-refractivity contribution in [3.63, 3.8) is 0 Å². The zero-order valence-electron chi connectivity index (χ0n) is 30.1. The summed E-state index contributed by atoms with van der Waals surface area (Å²) in [6, 6.07) is 3.04. The molecule has 4 N–H and O–H groups in total. The van der Waals surface area contributed by atoms with Crippen LogP contribution in [0, 0.1) is 17.8 Å². The second-order valence-corrected chi connectivity index (χ2v) is 17.6. The van der Waals surface area contributed by atoms with E-state index in [0.717, 1.165) is 11.8 Å². The lowest BCUT2D eigenvalue weighted by atomic mass is 9.85. The molecule has 7 rings (SSSR count). The van der Waals surface area contributed by atoms with Crippen LogP contribution in [0.3, 0.4) is 0 Å². The van der Waals surface area contributed by atoms with Gasteiger partial charge in [-0.1, -0.05) is 32.4 Å². The molecular weight excluding hydrogens is 706 g/mol. The quantitative estimate of drug-likeness (QED) is 0.303. The predicted molar refractivity (Wildman–Crippen MR) is 192 cm³/mol. The van der Waals surface area contributed by atoms with E-state index in [4.69, 9.17) is 14.2 Å². The second kappa shape index (κ2) is 14.0. The third-order valence-corrected chi connectivity index (χ3v) is 13.7. The summed E-state index contributed by atoms with van der Waals surface area (Å²) in [7, 11) is -4.01. The van der Waals surface area contributed by atoms with Crippen molar-refractivity contribution >= 4 is 44.6 Å². The highest BCUT2D eigenvalue weighted by Gasteiger charge is 2.63. The van der Waals surface area contributed by atoms with Crippen molar-refractivity contribution in [1.82, 2.24) is 25.2 Å². The van der Waals surface area contributed by atoms with E-state index in [9.17, 15) is 32.7 Å². The van der Waals surface area contributed by atoms with Crippen molar-refractivity contribution in [2.75, 3.05) is 19.8 Å². The molecule has 1 aromatic carbocycles. The lowest BCUT2D eigenvalue weighted by Crippen LogP contribution is -2.59. The smallest absolute Gasteiger partial charge is 0.405 e. The van der Waals surface area contributed by atoms with Gasteiger partial charge in [0.2, 0.25) is 27.7 Å². The van der Waals surface area contributed by atoms with E-state index in [-0.39, 0.29) is 37.1 Å². The fourth-order valence-electron chi connectivity index (χ4n) is 7.94. The van der Waals surface area contributed by atoms with Gasteiger partial charge in [0.05, 0.1) is 11.3 Å². The van der Waals surface area contributed by atoms with Gasteiger partial charge in [0.1, 0.15) is 36.9 Å². The van der Waals surface area contributed by atoms with Crippen molar-refractivity contribution in [1.29, 1.82) is 0 Å². The Morgan fingerprint density at radius 2 is 1.91 bits per heavy atom. The summed E-state index contributed by atoms with van der Waals surface area (Å²) in [6.07, 6.45) is 6.76. The number of fused-ring (bicyclic) bond motifs is 5. The van der Waals surface area contributed by atoms with Crippen LogP contribution in [0.25, 0.3) is 10.8 Å². The average molecular weight is 754 g/mol. The van der Waals surface area contributed by atoms with Gasteiger partial charge in [-0.15, -0.1) is 0 Å². The number of rotatable bonds is 7. The van der Waals surface area contributed by atoms with Crippen LogP contribution in [-0.4, -0.2) is 95.5 Å². The van der Waals surface area contributed by atoms with Gasteiger partial charge >= 0.3 is 6.09 Å². The molecule has 3 fully saturated rings. The molecule has 4 amide bonds. The zero-order chi connectivity index (χ0) is 37.7. The van der Waals surface area contributed by atoms with Gasteiger partial charge in [-0.05, 0) is 75.5 Å². The maximum atomic E-state index is 14.6. The first-order valence-electron chi connectivity index (χ1n) is 18.4. The Kier molecular flexibility index (Phi) is 9.70. The van der Waals surface area contributed by atoms with Crippen LogP contribution in [-0.2, 0) is 24.4 Å². The number of pyridine rings is 1. The lowest BCUT2D eigenvalue weighted by Gasteiger charge is -2.33. The molecule has 0 spiro atoms. The van der Waals surface area contributed by atoms with Crippen molar-refractivity contribution < 1.29 is 46.9 Å². The number of nitrogens with one attached hydrogen (secondary N) is 3. The number of amides is 4. The van der Waals surface area contributed by atoms with Gasteiger partial charge in [0.15, 0.2) is 11.5 Å². The Morgan fingerprint density at radius 3 is 2.64 bits per heavy atom. The summed E-state index contributed by atoms with van der Waals surface area (Å²) >= 11 is 0. The van der Waals surface area contributed by atoms with Gasteiger partial charge < -0.3 is 34.9 Å². The molecule has 4 heterocycles.